The van der Waals surface area contributed by atoms with E-state index in [1.807, 2.05) is 0 Å². The van der Waals surface area contributed by atoms with E-state index < -0.39 is 12.0 Å². The van der Waals surface area contributed by atoms with Gasteiger partial charge in [0.1, 0.15) is 0 Å². The van der Waals surface area contributed by atoms with E-state index in [1.54, 1.807) is 0 Å². The van der Waals surface area contributed by atoms with Crippen molar-refractivity contribution in [2.75, 3.05) is 12.3 Å². The van der Waals surface area contributed by atoms with Gasteiger partial charge in [-0.05, 0) is 19.3 Å². The van der Waals surface area contributed by atoms with Crippen LogP contribution >= 0.6 is 12.6 Å². The fourth-order valence-corrected chi connectivity index (χ4v) is 3.62. The maximum absolute atomic E-state index is 11.6. The molecule has 0 bridgehead atoms. The maximum atomic E-state index is 11.6. The highest BCUT2D eigenvalue weighted by Gasteiger charge is 2.10. The lowest BCUT2D eigenvalue weighted by Gasteiger charge is -2.17. The summed E-state index contributed by atoms with van der Waals surface area (Å²) < 4.78 is 0. The van der Waals surface area contributed by atoms with E-state index in [-0.39, 0.29) is 11.7 Å². The van der Waals surface area contributed by atoms with Crippen LogP contribution in [0.5, 0.6) is 0 Å². The van der Waals surface area contributed by atoms with Crippen LogP contribution in [-0.4, -0.2) is 30.2 Å². The van der Waals surface area contributed by atoms with Gasteiger partial charge in [-0.25, -0.2) is 0 Å². The molecule has 0 aliphatic heterocycles. The molecule has 0 saturated carbocycles. The Kier molecular flexibility index (Phi) is 20.4. The van der Waals surface area contributed by atoms with Crippen molar-refractivity contribution in [2.45, 2.75) is 115 Å². The molecule has 0 fully saturated rings. The van der Waals surface area contributed by atoms with Crippen molar-refractivity contribution in [3.63, 3.8) is 0 Å². The number of amides is 1. The molecule has 1 atom stereocenters. The highest BCUT2D eigenvalue weighted by atomic mass is 32.1. The van der Waals surface area contributed by atoms with Crippen molar-refractivity contribution in [1.29, 1.82) is 0 Å². The number of hydrogen-bond acceptors (Lipinski definition) is 4. The lowest BCUT2D eigenvalue weighted by Crippen LogP contribution is -2.50. The van der Waals surface area contributed by atoms with Gasteiger partial charge in [-0.1, -0.05) is 83.5 Å². The van der Waals surface area contributed by atoms with Gasteiger partial charge in [-0.3, -0.25) is 4.79 Å². The van der Waals surface area contributed by atoms with Crippen molar-refractivity contribution in [2.24, 2.45) is 0 Å². The molecule has 166 valence electrons. The third-order valence-corrected chi connectivity index (χ3v) is 5.57. The number of aliphatic carboxylic acids is 1. The second-order valence-electron chi connectivity index (χ2n) is 7.88. The molecule has 0 heterocycles. The molecule has 5 nitrogen and oxygen atoms in total. The Labute approximate surface area is 178 Å². The monoisotopic (exact) mass is 416 g/mol. The highest BCUT2D eigenvalue weighted by Crippen LogP contribution is 2.14. The average Bonchev–Trinajstić information content (AvgIpc) is 2.68. The number of hydrogen-bond donors (Lipinski definition) is 3. The van der Waals surface area contributed by atoms with E-state index in [4.69, 9.17) is 0 Å². The van der Waals surface area contributed by atoms with Crippen LogP contribution in [0.4, 0.5) is 0 Å². The number of carboxylic acid groups (broad SMARTS) is 1. The first kappa shape index (κ1) is 27.2. The summed E-state index contributed by atoms with van der Waals surface area (Å²) in [5.74, 6) is -1.43. The third kappa shape index (κ3) is 18.6. The molecule has 4 N–H and O–H groups in total. The maximum Gasteiger partial charge on any atom is 0.220 e. The molecule has 0 radical (unpaired) electrons. The zero-order valence-corrected chi connectivity index (χ0v) is 18.8. The van der Waals surface area contributed by atoms with E-state index >= 15 is 0 Å². The van der Waals surface area contributed by atoms with Crippen molar-refractivity contribution >= 4 is 24.5 Å². The summed E-state index contributed by atoms with van der Waals surface area (Å²) in [6, 6.07) is -0.987. The van der Waals surface area contributed by atoms with Crippen LogP contribution in [0.2, 0.25) is 0 Å². The second kappa shape index (κ2) is 21.0. The molecule has 1 amide bonds. The van der Waals surface area contributed by atoms with Crippen LogP contribution < -0.4 is 16.2 Å². The van der Waals surface area contributed by atoms with Gasteiger partial charge in [-0.15, -0.1) is 0 Å². The van der Waals surface area contributed by atoms with Crippen molar-refractivity contribution < 1.29 is 20.4 Å². The van der Waals surface area contributed by atoms with E-state index in [0.717, 1.165) is 25.8 Å². The predicted molar refractivity (Wildman–Crippen MR) is 117 cm³/mol. The normalized spacial score (nSPS) is 12.1. The lowest BCUT2D eigenvalue weighted by atomic mass is 10.0. The van der Waals surface area contributed by atoms with Gasteiger partial charge in [0.15, 0.2) is 0 Å². The molecule has 0 spiro atoms. The Morgan fingerprint density at radius 2 is 1.07 bits per heavy atom. The Balaban J connectivity index is 3.23. The molecule has 0 saturated heterocycles. The molecule has 0 aromatic heterocycles. The van der Waals surface area contributed by atoms with E-state index in [9.17, 15) is 14.7 Å². The Morgan fingerprint density at radius 3 is 1.39 bits per heavy atom. The number of thiol groups is 1. The second-order valence-corrected chi connectivity index (χ2v) is 8.25. The molecule has 1 unspecified atom stereocenters. The standard InChI is InChI=1S/C22H44N2O3S/c23-18-16-14-12-10-8-6-4-2-1-3-5-7-9-11-13-15-17-21(25)24-20(19-28)22(26)27/h20,28H,1-19,23H2,(H,24,25)(H,26,27). The number of carbonyl (C=O) groups is 2. The third-order valence-electron chi connectivity index (χ3n) is 5.21. The van der Waals surface area contributed by atoms with Gasteiger partial charge in [0.2, 0.25) is 5.91 Å². The summed E-state index contributed by atoms with van der Waals surface area (Å²) in [7, 11) is 0. The number of carbonyl (C=O) groups excluding carboxylic acids is 2. The molecule has 0 aliphatic rings. The Hall–Kier alpha value is -0.750. The van der Waals surface area contributed by atoms with Crippen molar-refractivity contribution in [3.8, 4) is 0 Å². The number of rotatable bonds is 21. The van der Waals surface area contributed by atoms with Crippen molar-refractivity contribution in [3.05, 3.63) is 0 Å². The first-order chi connectivity index (χ1) is 13.6. The zero-order chi connectivity index (χ0) is 20.9. The van der Waals surface area contributed by atoms with Crippen LogP contribution in [-0.2, 0) is 9.59 Å². The number of nitrogens with one attached hydrogen (secondary N) is 1. The molecule has 28 heavy (non-hydrogen) atoms. The van der Waals surface area contributed by atoms with Gasteiger partial charge < -0.3 is 21.0 Å². The molecule has 0 aromatic rings. The average molecular weight is 417 g/mol. The summed E-state index contributed by atoms with van der Waals surface area (Å²) in [6.45, 7) is 1.08. The summed E-state index contributed by atoms with van der Waals surface area (Å²) in [5, 5.41) is 13.2. The highest BCUT2D eigenvalue weighted by molar-refractivity contribution is 7.80. The van der Waals surface area contributed by atoms with Crippen LogP contribution in [0.3, 0.4) is 0 Å². The van der Waals surface area contributed by atoms with Gasteiger partial charge >= 0.3 is 0 Å². The van der Waals surface area contributed by atoms with Gasteiger partial charge in [0, 0.05) is 12.2 Å². The van der Waals surface area contributed by atoms with Gasteiger partial charge in [0.05, 0.1) is 18.6 Å². The van der Waals surface area contributed by atoms with Gasteiger partial charge in [-0.2, -0.15) is 12.6 Å². The van der Waals surface area contributed by atoms with Crippen LogP contribution in [0.1, 0.15) is 109 Å². The number of carboxylic acids is 1. The van der Waals surface area contributed by atoms with Gasteiger partial charge in [0.25, 0.3) is 0 Å². The summed E-state index contributed by atoms with van der Waals surface area (Å²) >= 11 is 3.90. The fourth-order valence-electron chi connectivity index (χ4n) is 3.38. The van der Waals surface area contributed by atoms with E-state index in [0.29, 0.717) is 6.42 Å². The number of unbranched alkanes of at least 4 members (excludes halogenated alkanes) is 15. The first-order valence-electron chi connectivity index (χ1n) is 11.5. The molecule has 0 rings (SSSR count). The van der Waals surface area contributed by atoms with Crippen molar-refractivity contribution in [1.82, 2.24) is 5.32 Å². The SMILES string of the molecule is [NH3+]CCCCCCCCCCCCCCCCCCC(=O)NC(CS)C(=O)[O-]. The summed E-state index contributed by atoms with van der Waals surface area (Å²) in [6.07, 6.45) is 20.9. The van der Waals surface area contributed by atoms with Crippen LogP contribution in [0, 0.1) is 0 Å². The zero-order valence-electron chi connectivity index (χ0n) is 17.9. The minimum Gasteiger partial charge on any atom is -0.548 e. The molecule has 0 aromatic carbocycles. The topological polar surface area (TPSA) is 96.9 Å². The molecule has 0 aliphatic carbocycles. The quantitative estimate of drug-likeness (QED) is 0.198. The smallest absolute Gasteiger partial charge is 0.220 e. The Bertz CT molecular complexity index is 381. The fraction of sp³-hybridized carbons (Fsp3) is 0.909. The Morgan fingerprint density at radius 1 is 0.714 bits per heavy atom. The molecular formula is C22H44N2O3S. The minimum absolute atomic E-state index is 0.0607. The van der Waals surface area contributed by atoms with E-state index in [2.05, 4.69) is 23.7 Å². The van der Waals surface area contributed by atoms with E-state index in [1.165, 1.54) is 83.5 Å². The molecule has 6 heteroatoms. The van der Waals surface area contributed by atoms with Crippen LogP contribution in [0.25, 0.3) is 0 Å². The predicted octanol–water partition coefficient (Wildman–Crippen LogP) is 3.02. The summed E-state index contributed by atoms with van der Waals surface area (Å²) in [5.41, 5.74) is 3.88. The lowest BCUT2D eigenvalue weighted by molar-refractivity contribution is -0.368. The minimum atomic E-state index is -1.27. The largest absolute Gasteiger partial charge is 0.548 e. The number of quaternary nitrogens is 1. The molecular weight excluding hydrogens is 372 g/mol. The first-order valence-corrected chi connectivity index (χ1v) is 12.2. The summed E-state index contributed by atoms with van der Waals surface area (Å²) in [4.78, 5) is 22.4. The van der Waals surface area contributed by atoms with Crippen LogP contribution in [0.15, 0.2) is 0 Å².